The van der Waals surface area contributed by atoms with E-state index in [-0.39, 0.29) is 38.6 Å². The lowest BCUT2D eigenvalue weighted by Crippen LogP contribution is -2.29. The van der Waals surface area contributed by atoms with Crippen LogP contribution in [0, 0.1) is 0 Å². The Kier molecular flexibility index (Phi) is 53.6. The van der Waals surface area contributed by atoms with Crippen LogP contribution in [-0.4, -0.2) is 49.3 Å². The maximum absolute atomic E-state index is 12.7. The fourth-order valence-electron chi connectivity index (χ4n) is 8.73. The van der Waals surface area contributed by atoms with Crippen LogP contribution < -0.4 is 5.73 Å². The molecule has 68 heavy (non-hydrogen) atoms. The van der Waals surface area contributed by atoms with E-state index >= 15 is 0 Å². The number of nitrogens with two attached hydrogens (primary N) is 1. The number of rotatable bonds is 56. The van der Waals surface area contributed by atoms with Crippen LogP contribution in [0.15, 0.2) is 24.3 Å². The predicted octanol–water partition coefficient (Wildman–Crippen LogP) is 18.2. The summed E-state index contributed by atoms with van der Waals surface area (Å²) in [5.41, 5.74) is 5.38. The number of unbranched alkanes of at least 4 members (excludes halogenated alkanes) is 39. The molecule has 0 rings (SSSR count). The number of hydrogen-bond donors (Lipinski definition) is 2. The van der Waals surface area contributed by atoms with Crippen molar-refractivity contribution in [1.82, 2.24) is 0 Å². The first-order chi connectivity index (χ1) is 33.3. The van der Waals surface area contributed by atoms with E-state index < -0.39 is 26.5 Å². The molecular weight excluding hydrogens is 870 g/mol. The Bertz CT molecular complexity index is 1170. The number of hydrogen-bond acceptors (Lipinski definition) is 8. The Labute approximate surface area is 421 Å². The van der Waals surface area contributed by atoms with Gasteiger partial charge < -0.3 is 20.1 Å². The summed E-state index contributed by atoms with van der Waals surface area (Å²) < 4.78 is 33.1. The second-order valence-electron chi connectivity index (χ2n) is 19.9. The molecule has 402 valence electrons. The van der Waals surface area contributed by atoms with Gasteiger partial charge >= 0.3 is 19.8 Å². The van der Waals surface area contributed by atoms with Crippen molar-refractivity contribution in [3.05, 3.63) is 24.3 Å². The summed E-state index contributed by atoms with van der Waals surface area (Å²) in [7, 11) is -4.38. The second kappa shape index (κ2) is 54.8. The Balaban J connectivity index is 3.92. The highest BCUT2D eigenvalue weighted by molar-refractivity contribution is 7.47. The SMILES string of the molecule is CCCCCCC/C=C\C/C=C\CCCCCCCCCCCCCCCCCC(=O)OC(COC(=O)CCCCCCCCCCCCCCCCCCCCCC)COP(=O)(O)OCCN. The van der Waals surface area contributed by atoms with Gasteiger partial charge in [0.25, 0.3) is 0 Å². The molecule has 0 aliphatic heterocycles. The van der Waals surface area contributed by atoms with E-state index in [2.05, 4.69) is 38.2 Å². The molecule has 0 radical (unpaired) electrons. The molecule has 0 aliphatic rings. The van der Waals surface area contributed by atoms with Crippen LogP contribution in [0.1, 0.15) is 303 Å². The predicted molar refractivity (Wildman–Crippen MR) is 289 cm³/mol. The van der Waals surface area contributed by atoms with E-state index in [0.717, 1.165) is 38.5 Å². The summed E-state index contributed by atoms with van der Waals surface area (Å²) in [5.74, 6) is -0.809. The lowest BCUT2D eigenvalue weighted by atomic mass is 10.0. The van der Waals surface area contributed by atoms with Crippen LogP contribution >= 0.6 is 7.82 Å². The van der Waals surface area contributed by atoms with Crippen LogP contribution in [0.3, 0.4) is 0 Å². The number of esters is 2. The van der Waals surface area contributed by atoms with Gasteiger partial charge in [-0.3, -0.25) is 18.6 Å². The zero-order chi connectivity index (χ0) is 49.5. The summed E-state index contributed by atoms with van der Waals surface area (Å²) in [6, 6.07) is 0. The number of phosphoric ester groups is 1. The van der Waals surface area contributed by atoms with E-state index in [1.165, 1.54) is 231 Å². The minimum atomic E-state index is -4.38. The van der Waals surface area contributed by atoms with Gasteiger partial charge in [0, 0.05) is 19.4 Å². The molecule has 0 bridgehead atoms. The molecule has 0 amide bonds. The monoisotopic (exact) mass is 982 g/mol. The highest BCUT2D eigenvalue weighted by Gasteiger charge is 2.26. The van der Waals surface area contributed by atoms with Gasteiger partial charge in [-0.25, -0.2) is 4.57 Å². The summed E-state index contributed by atoms with van der Waals surface area (Å²) in [5, 5.41) is 0. The number of carbonyl (C=O) groups excluding carboxylic acids is 2. The molecule has 9 nitrogen and oxygen atoms in total. The van der Waals surface area contributed by atoms with E-state index in [1.54, 1.807) is 0 Å². The number of ether oxygens (including phenoxy) is 2. The fourth-order valence-corrected chi connectivity index (χ4v) is 9.49. The number of carbonyl (C=O) groups is 2. The van der Waals surface area contributed by atoms with Crippen LogP contribution in [0.2, 0.25) is 0 Å². The molecule has 3 N–H and O–H groups in total. The lowest BCUT2D eigenvalue weighted by molar-refractivity contribution is -0.161. The number of phosphoric acid groups is 1. The van der Waals surface area contributed by atoms with Gasteiger partial charge in [-0.2, -0.15) is 0 Å². The Morgan fingerprint density at radius 1 is 0.441 bits per heavy atom. The van der Waals surface area contributed by atoms with Gasteiger partial charge in [-0.1, -0.05) is 269 Å². The Morgan fingerprint density at radius 3 is 1.12 bits per heavy atom. The van der Waals surface area contributed by atoms with Gasteiger partial charge in [0.2, 0.25) is 0 Å². The minimum Gasteiger partial charge on any atom is -0.462 e. The summed E-state index contributed by atoms with van der Waals surface area (Å²) in [6.45, 7) is 3.79. The summed E-state index contributed by atoms with van der Waals surface area (Å²) >= 11 is 0. The molecule has 0 aromatic heterocycles. The Hall–Kier alpha value is -1.51. The fraction of sp³-hybridized carbons (Fsp3) is 0.897. The topological polar surface area (TPSA) is 134 Å². The molecule has 2 atom stereocenters. The largest absolute Gasteiger partial charge is 0.472 e. The van der Waals surface area contributed by atoms with Crippen LogP contribution in [0.25, 0.3) is 0 Å². The smallest absolute Gasteiger partial charge is 0.462 e. The van der Waals surface area contributed by atoms with Gasteiger partial charge in [0.05, 0.1) is 13.2 Å². The zero-order valence-electron chi connectivity index (χ0n) is 44.9. The molecular formula is C58H112NO8P. The first-order valence-electron chi connectivity index (χ1n) is 29.3. The highest BCUT2D eigenvalue weighted by atomic mass is 31.2. The first-order valence-corrected chi connectivity index (χ1v) is 30.8. The van der Waals surface area contributed by atoms with Crippen molar-refractivity contribution in [2.24, 2.45) is 5.73 Å². The molecule has 0 heterocycles. The maximum Gasteiger partial charge on any atom is 0.472 e. The lowest BCUT2D eigenvalue weighted by Gasteiger charge is -2.19. The van der Waals surface area contributed by atoms with Crippen molar-refractivity contribution in [1.29, 1.82) is 0 Å². The van der Waals surface area contributed by atoms with Gasteiger partial charge in [0.15, 0.2) is 6.10 Å². The number of allylic oxidation sites excluding steroid dienone is 4. The van der Waals surface area contributed by atoms with Crippen molar-refractivity contribution in [3.63, 3.8) is 0 Å². The van der Waals surface area contributed by atoms with Gasteiger partial charge in [-0.05, 0) is 44.9 Å². The molecule has 0 saturated carbocycles. The van der Waals surface area contributed by atoms with E-state index in [0.29, 0.717) is 6.42 Å². The van der Waals surface area contributed by atoms with Crippen LogP contribution in [-0.2, 0) is 32.7 Å². The summed E-state index contributed by atoms with van der Waals surface area (Å²) in [6.07, 6.45) is 63.8. The molecule has 10 heteroatoms. The molecule has 0 aliphatic carbocycles. The minimum absolute atomic E-state index is 0.0562. The zero-order valence-corrected chi connectivity index (χ0v) is 45.8. The van der Waals surface area contributed by atoms with Crippen molar-refractivity contribution in [2.75, 3.05) is 26.4 Å². The summed E-state index contributed by atoms with van der Waals surface area (Å²) in [4.78, 5) is 35.2. The maximum atomic E-state index is 12.7. The molecule has 2 unspecified atom stereocenters. The van der Waals surface area contributed by atoms with Crippen molar-refractivity contribution >= 4 is 19.8 Å². The molecule has 0 fully saturated rings. The van der Waals surface area contributed by atoms with Crippen LogP contribution in [0.5, 0.6) is 0 Å². The van der Waals surface area contributed by atoms with Crippen molar-refractivity contribution in [3.8, 4) is 0 Å². The quantitative estimate of drug-likeness (QED) is 0.0264. The van der Waals surface area contributed by atoms with Crippen molar-refractivity contribution < 1.29 is 37.6 Å². The molecule has 0 saturated heterocycles. The third kappa shape index (κ3) is 53.8. The third-order valence-corrected chi connectivity index (χ3v) is 14.1. The molecule has 0 spiro atoms. The van der Waals surface area contributed by atoms with Crippen molar-refractivity contribution in [2.45, 2.75) is 309 Å². The average molecular weight is 983 g/mol. The van der Waals surface area contributed by atoms with E-state index in [9.17, 15) is 19.0 Å². The van der Waals surface area contributed by atoms with E-state index in [1.807, 2.05) is 0 Å². The third-order valence-electron chi connectivity index (χ3n) is 13.1. The second-order valence-corrected chi connectivity index (χ2v) is 21.3. The Morgan fingerprint density at radius 2 is 0.765 bits per heavy atom. The first kappa shape index (κ1) is 66.5. The standard InChI is InChI=1S/C58H112NO8P/c1-3-5-7-9-11-13-15-17-19-21-23-25-26-27-28-29-30-31-33-35-37-39-41-43-45-47-49-51-58(61)67-56(55-66-68(62,63)65-53-52-59)54-64-57(60)50-48-46-44-42-40-38-36-34-32-24-22-20-18-16-14-12-10-8-6-4-2/h15,17,21,23,56H,3-14,16,18-20,22,24-55,59H2,1-2H3,(H,62,63)/b17-15-,23-21-. The van der Waals surface area contributed by atoms with Crippen LogP contribution in [0.4, 0.5) is 0 Å². The van der Waals surface area contributed by atoms with E-state index in [4.69, 9.17) is 24.3 Å². The molecule has 0 aromatic carbocycles. The normalized spacial score (nSPS) is 13.2. The molecule has 0 aromatic rings. The van der Waals surface area contributed by atoms with Gasteiger partial charge in [0.1, 0.15) is 6.61 Å². The highest BCUT2D eigenvalue weighted by Crippen LogP contribution is 2.43. The van der Waals surface area contributed by atoms with Gasteiger partial charge in [-0.15, -0.1) is 0 Å². The average Bonchev–Trinajstić information content (AvgIpc) is 3.33.